The van der Waals surface area contributed by atoms with Crippen molar-refractivity contribution in [3.05, 3.63) is 46.5 Å². The van der Waals surface area contributed by atoms with Gasteiger partial charge in [0.15, 0.2) is 5.78 Å². The second-order valence-electron chi connectivity index (χ2n) is 4.43. The van der Waals surface area contributed by atoms with Crippen molar-refractivity contribution in [2.75, 3.05) is 0 Å². The van der Waals surface area contributed by atoms with Crippen LogP contribution in [0.5, 0.6) is 0 Å². The molecule has 0 spiro atoms. The van der Waals surface area contributed by atoms with Gasteiger partial charge in [-0.2, -0.15) is 5.10 Å². The van der Waals surface area contributed by atoms with Crippen LogP contribution in [0.25, 0.3) is 5.69 Å². The standard InChI is InChI=1S/C14H15FN2O/c1-8-9(2)16-17(10(8)3)14-6-5-12(15)7-13(14)11(4)18/h5-7H,1-4H3. The van der Waals surface area contributed by atoms with E-state index in [1.807, 2.05) is 20.8 Å². The molecule has 0 unspecified atom stereocenters. The molecule has 0 N–H and O–H groups in total. The second kappa shape index (κ2) is 4.37. The van der Waals surface area contributed by atoms with E-state index in [1.165, 1.54) is 19.1 Å². The van der Waals surface area contributed by atoms with Crippen LogP contribution >= 0.6 is 0 Å². The Morgan fingerprint density at radius 1 is 1.28 bits per heavy atom. The summed E-state index contributed by atoms with van der Waals surface area (Å²) < 4.78 is 14.9. The van der Waals surface area contributed by atoms with Gasteiger partial charge in [0.05, 0.1) is 11.4 Å². The second-order valence-corrected chi connectivity index (χ2v) is 4.43. The van der Waals surface area contributed by atoms with E-state index in [4.69, 9.17) is 0 Å². The lowest BCUT2D eigenvalue weighted by Crippen LogP contribution is -2.07. The van der Waals surface area contributed by atoms with Crippen LogP contribution in [0.1, 0.15) is 34.2 Å². The Balaban J connectivity index is 2.71. The first kappa shape index (κ1) is 12.5. The van der Waals surface area contributed by atoms with Crippen LogP contribution in [0.2, 0.25) is 0 Å². The van der Waals surface area contributed by atoms with Gasteiger partial charge in [-0.05, 0) is 51.5 Å². The number of carbonyl (C=O) groups is 1. The van der Waals surface area contributed by atoms with Crippen LogP contribution in [0, 0.1) is 26.6 Å². The Bertz CT molecular complexity index is 629. The van der Waals surface area contributed by atoms with Crippen molar-refractivity contribution in [2.45, 2.75) is 27.7 Å². The molecule has 0 aliphatic carbocycles. The fourth-order valence-corrected chi connectivity index (χ4v) is 1.93. The number of aryl methyl sites for hydroxylation is 1. The Kier molecular flexibility index (Phi) is 3.03. The zero-order valence-electron chi connectivity index (χ0n) is 10.9. The summed E-state index contributed by atoms with van der Waals surface area (Å²) in [5.41, 5.74) is 3.92. The highest BCUT2D eigenvalue weighted by Crippen LogP contribution is 2.21. The summed E-state index contributed by atoms with van der Waals surface area (Å²) in [5.74, 6) is -0.586. The molecular formula is C14H15FN2O. The summed E-state index contributed by atoms with van der Waals surface area (Å²) >= 11 is 0. The van der Waals surface area contributed by atoms with Gasteiger partial charge in [-0.25, -0.2) is 9.07 Å². The third-order valence-corrected chi connectivity index (χ3v) is 3.22. The first-order valence-electron chi connectivity index (χ1n) is 5.75. The number of Topliss-reactive ketones (excluding diaryl/α,β-unsaturated/α-hetero) is 1. The average Bonchev–Trinajstić information content (AvgIpc) is 2.57. The summed E-state index contributed by atoms with van der Waals surface area (Å²) in [6.07, 6.45) is 0. The molecule has 0 bridgehead atoms. The summed E-state index contributed by atoms with van der Waals surface area (Å²) in [7, 11) is 0. The minimum absolute atomic E-state index is 0.172. The lowest BCUT2D eigenvalue weighted by atomic mass is 10.1. The summed E-state index contributed by atoms with van der Waals surface area (Å²) in [6.45, 7) is 7.25. The molecule has 4 heteroatoms. The molecule has 1 aromatic carbocycles. The molecule has 0 saturated carbocycles. The molecule has 2 aromatic rings. The van der Waals surface area contributed by atoms with Crippen LogP contribution in [0.15, 0.2) is 18.2 Å². The van der Waals surface area contributed by atoms with Crippen LogP contribution in [0.4, 0.5) is 4.39 Å². The molecule has 0 aliphatic heterocycles. The van der Waals surface area contributed by atoms with Crippen molar-refractivity contribution < 1.29 is 9.18 Å². The molecule has 0 aliphatic rings. The third kappa shape index (κ3) is 1.94. The topological polar surface area (TPSA) is 34.9 Å². The number of ketones is 1. The van der Waals surface area contributed by atoms with E-state index < -0.39 is 5.82 Å². The third-order valence-electron chi connectivity index (χ3n) is 3.22. The van der Waals surface area contributed by atoms with Gasteiger partial charge in [-0.1, -0.05) is 0 Å². The van der Waals surface area contributed by atoms with E-state index in [-0.39, 0.29) is 5.78 Å². The molecular weight excluding hydrogens is 231 g/mol. The smallest absolute Gasteiger partial charge is 0.162 e. The minimum atomic E-state index is -0.415. The monoisotopic (exact) mass is 246 g/mol. The highest BCUT2D eigenvalue weighted by atomic mass is 19.1. The van der Waals surface area contributed by atoms with Crippen LogP contribution in [-0.4, -0.2) is 15.6 Å². The molecule has 2 rings (SSSR count). The van der Waals surface area contributed by atoms with E-state index in [0.717, 1.165) is 17.0 Å². The lowest BCUT2D eigenvalue weighted by molar-refractivity contribution is 0.101. The molecule has 1 aromatic heterocycles. The number of carbonyl (C=O) groups excluding carboxylic acids is 1. The number of rotatable bonds is 2. The first-order valence-corrected chi connectivity index (χ1v) is 5.75. The quantitative estimate of drug-likeness (QED) is 0.763. The zero-order valence-corrected chi connectivity index (χ0v) is 10.9. The number of hydrogen-bond acceptors (Lipinski definition) is 2. The highest BCUT2D eigenvalue weighted by molar-refractivity contribution is 5.97. The number of nitrogens with zero attached hydrogens (tertiary/aromatic N) is 2. The molecule has 0 fully saturated rings. The van der Waals surface area contributed by atoms with Gasteiger partial charge in [0.2, 0.25) is 0 Å². The lowest BCUT2D eigenvalue weighted by Gasteiger charge is -2.09. The van der Waals surface area contributed by atoms with E-state index in [0.29, 0.717) is 11.3 Å². The van der Waals surface area contributed by atoms with Crippen molar-refractivity contribution >= 4 is 5.78 Å². The molecule has 94 valence electrons. The molecule has 0 saturated heterocycles. The van der Waals surface area contributed by atoms with Crippen molar-refractivity contribution in [1.82, 2.24) is 9.78 Å². The minimum Gasteiger partial charge on any atom is -0.294 e. The van der Waals surface area contributed by atoms with Gasteiger partial charge in [-0.15, -0.1) is 0 Å². The summed E-state index contributed by atoms with van der Waals surface area (Å²) in [4.78, 5) is 11.6. The SMILES string of the molecule is CC(=O)c1cc(F)ccc1-n1nc(C)c(C)c1C. The normalized spacial score (nSPS) is 10.7. The van der Waals surface area contributed by atoms with Crippen LogP contribution in [0.3, 0.4) is 0 Å². The Labute approximate surface area is 105 Å². The Morgan fingerprint density at radius 2 is 1.94 bits per heavy atom. The average molecular weight is 246 g/mol. The zero-order chi connectivity index (χ0) is 13.4. The number of aromatic nitrogens is 2. The van der Waals surface area contributed by atoms with Gasteiger partial charge >= 0.3 is 0 Å². The molecule has 0 radical (unpaired) electrons. The van der Waals surface area contributed by atoms with Gasteiger partial charge in [0.1, 0.15) is 5.82 Å². The number of halogens is 1. The number of hydrogen-bond donors (Lipinski definition) is 0. The Morgan fingerprint density at radius 3 is 2.44 bits per heavy atom. The van der Waals surface area contributed by atoms with Crippen molar-refractivity contribution in [1.29, 1.82) is 0 Å². The van der Waals surface area contributed by atoms with Gasteiger partial charge in [0.25, 0.3) is 0 Å². The van der Waals surface area contributed by atoms with E-state index >= 15 is 0 Å². The maximum Gasteiger partial charge on any atom is 0.162 e. The van der Waals surface area contributed by atoms with E-state index in [9.17, 15) is 9.18 Å². The number of benzene rings is 1. The maximum absolute atomic E-state index is 13.2. The molecule has 18 heavy (non-hydrogen) atoms. The highest BCUT2D eigenvalue weighted by Gasteiger charge is 2.15. The first-order chi connectivity index (χ1) is 8.41. The fraction of sp³-hybridized carbons (Fsp3) is 0.286. The fourth-order valence-electron chi connectivity index (χ4n) is 1.93. The van der Waals surface area contributed by atoms with Crippen LogP contribution in [-0.2, 0) is 0 Å². The summed E-state index contributed by atoms with van der Waals surface area (Å²) in [6, 6.07) is 4.18. The predicted octanol–water partition coefficient (Wildman–Crippen LogP) is 3.14. The Hall–Kier alpha value is -1.97. The van der Waals surface area contributed by atoms with Crippen LogP contribution < -0.4 is 0 Å². The van der Waals surface area contributed by atoms with Crippen molar-refractivity contribution in [3.8, 4) is 5.69 Å². The summed E-state index contributed by atoms with van der Waals surface area (Å²) in [5, 5.41) is 4.39. The predicted molar refractivity (Wildman–Crippen MR) is 67.7 cm³/mol. The molecule has 0 atom stereocenters. The molecule has 3 nitrogen and oxygen atoms in total. The maximum atomic E-state index is 13.2. The van der Waals surface area contributed by atoms with Gasteiger partial charge in [-0.3, -0.25) is 4.79 Å². The van der Waals surface area contributed by atoms with Crippen molar-refractivity contribution in [2.24, 2.45) is 0 Å². The molecule has 0 amide bonds. The van der Waals surface area contributed by atoms with E-state index in [2.05, 4.69) is 5.10 Å². The largest absolute Gasteiger partial charge is 0.294 e. The van der Waals surface area contributed by atoms with Gasteiger partial charge < -0.3 is 0 Å². The van der Waals surface area contributed by atoms with Crippen molar-refractivity contribution in [3.63, 3.8) is 0 Å². The molecule has 1 heterocycles. The van der Waals surface area contributed by atoms with Gasteiger partial charge in [0, 0.05) is 11.3 Å². The van der Waals surface area contributed by atoms with E-state index in [1.54, 1.807) is 10.7 Å².